The number of pyridine rings is 1. The van der Waals surface area contributed by atoms with Crippen LogP contribution in [0.5, 0.6) is 0 Å². The molecule has 20 heavy (non-hydrogen) atoms. The number of halogens is 2. The monoisotopic (exact) mass is 348 g/mol. The highest BCUT2D eigenvalue weighted by molar-refractivity contribution is 9.10. The second kappa shape index (κ2) is 5.42. The molecule has 0 saturated heterocycles. The minimum absolute atomic E-state index is 0.339. The molecule has 100 valence electrons. The Morgan fingerprint density at radius 1 is 1.20 bits per heavy atom. The molecular formula is C15H10BrFN2S. The molecule has 0 N–H and O–H groups in total. The fourth-order valence-corrected chi connectivity index (χ4v) is 3.21. The topological polar surface area (TPSA) is 25.8 Å². The Kier molecular flexibility index (Phi) is 3.63. The quantitative estimate of drug-likeness (QED) is 0.645. The summed E-state index contributed by atoms with van der Waals surface area (Å²) in [6, 6.07) is 11.1. The first-order chi connectivity index (χ1) is 9.63. The van der Waals surface area contributed by atoms with Crippen molar-refractivity contribution in [2.45, 2.75) is 6.92 Å². The van der Waals surface area contributed by atoms with Crippen molar-refractivity contribution in [2.24, 2.45) is 0 Å². The maximum absolute atomic E-state index is 12.9. The molecule has 0 saturated carbocycles. The highest BCUT2D eigenvalue weighted by atomic mass is 79.9. The zero-order chi connectivity index (χ0) is 14.1. The van der Waals surface area contributed by atoms with Gasteiger partial charge in [0.25, 0.3) is 0 Å². The van der Waals surface area contributed by atoms with Crippen LogP contribution in [0.4, 0.5) is 4.39 Å². The molecule has 0 atom stereocenters. The lowest BCUT2D eigenvalue weighted by Gasteiger charge is -1.97. The van der Waals surface area contributed by atoms with Gasteiger partial charge in [0.05, 0.1) is 11.9 Å². The van der Waals surface area contributed by atoms with Crippen LogP contribution in [0.3, 0.4) is 0 Å². The lowest BCUT2D eigenvalue weighted by atomic mass is 10.2. The molecule has 0 aliphatic rings. The molecule has 1 aromatic carbocycles. The van der Waals surface area contributed by atoms with Gasteiger partial charge >= 0.3 is 0 Å². The van der Waals surface area contributed by atoms with Gasteiger partial charge in [0.1, 0.15) is 16.5 Å². The van der Waals surface area contributed by atoms with Gasteiger partial charge in [-0.15, -0.1) is 11.3 Å². The summed E-state index contributed by atoms with van der Waals surface area (Å²) in [5.41, 5.74) is 2.56. The van der Waals surface area contributed by atoms with Crippen LogP contribution in [0.1, 0.15) is 4.88 Å². The van der Waals surface area contributed by atoms with Crippen molar-refractivity contribution < 1.29 is 4.39 Å². The van der Waals surface area contributed by atoms with Gasteiger partial charge in [0, 0.05) is 14.9 Å². The average Bonchev–Trinajstić information content (AvgIpc) is 2.82. The summed E-state index contributed by atoms with van der Waals surface area (Å²) in [5.74, 6) is -0.339. The molecule has 2 nitrogen and oxygen atoms in total. The van der Waals surface area contributed by atoms with Crippen molar-refractivity contribution in [2.75, 3.05) is 0 Å². The molecular weight excluding hydrogens is 339 g/mol. The Hall–Kier alpha value is -1.59. The van der Waals surface area contributed by atoms with Crippen molar-refractivity contribution in [3.63, 3.8) is 0 Å². The predicted octanol–water partition coefficient (Wildman–Crippen LogP) is 5.08. The number of hydrogen-bond donors (Lipinski definition) is 0. The summed E-state index contributed by atoms with van der Waals surface area (Å²) in [6.07, 6.45) is 1.22. The summed E-state index contributed by atoms with van der Waals surface area (Å²) >= 11 is 5.07. The van der Waals surface area contributed by atoms with Gasteiger partial charge in [-0.1, -0.05) is 28.1 Å². The Morgan fingerprint density at radius 3 is 2.75 bits per heavy atom. The van der Waals surface area contributed by atoms with Gasteiger partial charge in [0.15, 0.2) is 0 Å². The molecule has 2 heterocycles. The number of nitrogens with zero attached hydrogens (tertiary/aromatic N) is 2. The fourth-order valence-electron chi connectivity index (χ4n) is 1.89. The van der Waals surface area contributed by atoms with Gasteiger partial charge in [0.2, 0.25) is 0 Å². The van der Waals surface area contributed by atoms with Crippen molar-refractivity contribution in [3.8, 4) is 22.0 Å². The van der Waals surface area contributed by atoms with E-state index in [4.69, 9.17) is 0 Å². The largest absolute Gasteiger partial charge is 0.252 e. The summed E-state index contributed by atoms with van der Waals surface area (Å²) in [4.78, 5) is 9.80. The van der Waals surface area contributed by atoms with Crippen LogP contribution in [0, 0.1) is 12.7 Å². The van der Waals surface area contributed by atoms with Crippen molar-refractivity contribution in [1.82, 2.24) is 9.97 Å². The molecule has 0 amide bonds. The zero-order valence-corrected chi connectivity index (χ0v) is 13.0. The number of aryl methyl sites for hydroxylation is 1. The summed E-state index contributed by atoms with van der Waals surface area (Å²) in [5, 5.41) is 0.935. The van der Waals surface area contributed by atoms with Crippen LogP contribution in [0.25, 0.3) is 22.0 Å². The Bertz CT molecular complexity index is 753. The van der Waals surface area contributed by atoms with E-state index in [-0.39, 0.29) is 5.82 Å². The smallest absolute Gasteiger partial charge is 0.141 e. The molecule has 5 heteroatoms. The molecule has 0 aliphatic heterocycles. The minimum atomic E-state index is -0.339. The first-order valence-electron chi connectivity index (χ1n) is 5.99. The summed E-state index contributed by atoms with van der Waals surface area (Å²) < 4.78 is 13.9. The maximum Gasteiger partial charge on any atom is 0.141 e. The van der Waals surface area contributed by atoms with Gasteiger partial charge in [-0.3, -0.25) is 4.98 Å². The van der Waals surface area contributed by atoms with Crippen LogP contribution >= 0.6 is 27.3 Å². The van der Waals surface area contributed by atoms with Crippen LogP contribution in [-0.4, -0.2) is 9.97 Å². The van der Waals surface area contributed by atoms with E-state index < -0.39 is 0 Å². The molecule has 3 aromatic rings. The lowest BCUT2D eigenvalue weighted by Crippen LogP contribution is -1.86. The molecule has 0 radical (unpaired) electrons. The van der Waals surface area contributed by atoms with Crippen LogP contribution in [0.15, 0.2) is 47.1 Å². The Labute approximate surface area is 128 Å². The Morgan fingerprint density at radius 2 is 2.05 bits per heavy atom. The van der Waals surface area contributed by atoms with E-state index in [9.17, 15) is 4.39 Å². The molecule has 0 spiro atoms. The second-order valence-electron chi connectivity index (χ2n) is 4.30. The van der Waals surface area contributed by atoms with Gasteiger partial charge < -0.3 is 0 Å². The normalized spacial score (nSPS) is 10.8. The number of rotatable bonds is 2. The van der Waals surface area contributed by atoms with Crippen molar-refractivity contribution in [1.29, 1.82) is 0 Å². The molecule has 0 fully saturated rings. The third-order valence-electron chi connectivity index (χ3n) is 2.84. The predicted molar refractivity (Wildman–Crippen MR) is 83.2 cm³/mol. The minimum Gasteiger partial charge on any atom is -0.252 e. The summed E-state index contributed by atoms with van der Waals surface area (Å²) in [7, 11) is 0. The third kappa shape index (κ3) is 2.64. The van der Waals surface area contributed by atoms with Gasteiger partial charge in [-0.25, -0.2) is 9.37 Å². The first kappa shape index (κ1) is 13.4. The molecule has 0 aliphatic carbocycles. The molecule has 0 bridgehead atoms. The molecule has 2 aromatic heterocycles. The van der Waals surface area contributed by atoms with Crippen LogP contribution in [0.2, 0.25) is 0 Å². The maximum atomic E-state index is 12.9. The first-order valence-corrected chi connectivity index (χ1v) is 7.60. The van der Waals surface area contributed by atoms with E-state index in [1.165, 1.54) is 12.3 Å². The van der Waals surface area contributed by atoms with E-state index in [2.05, 4.69) is 25.9 Å². The third-order valence-corrected chi connectivity index (χ3v) is 4.35. The molecule has 3 rings (SSSR count). The van der Waals surface area contributed by atoms with E-state index in [1.807, 2.05) is 31.2 Å². The van der Waals surface area contributed by atoms with E-state index in [1.54, 1.807) is 17.4 Å². The standard InChI is InChI=1S/C15H10BrFN2S/c1-9-14(13-6-5-12(17)8-18-13)19-15(20-9)10-3-2-4-11(16)7-10/h2-8H,1H3. The highest BCUT2D eigenvalue weighted by Gasteiger charge is 2.12. The SMILES string of the molecule is Cc1sc(-c2cccc(Br)c2)nc1-c1ccc(F)cn1. The van der Waals surface area contributed by atoms with E-state index >= 15 is 0 Å². The van der Waals surface area contributed by atoms with E-state index in [0.29, 0.717) is 5.69 Å². The van der Waals surface area contributed by atoms with Crippen LogP contribution in [-0.2, 0) is 0 Å². The van der Waals surface area contributed by atoms with Gasteiger partial charge in [-0.2, -0.15) is 0 Å². The molecule has 0 unspecified atom stereocenters. The average molecular weight is 349 g/mol. The number of aromatic nitrogens is 2. The lowest BCUT2D eigenvalue weighted by molar-refractivity contribution is 0.622. The number of hydrogen-bond acceptors (Lipinski definition) is 3. The van der Waals surface area contributed by atoms with Gasteiger partial charge in [-0.05, 0) is 31.2 Å². The Balaban J connectivity index is 2.05. The van der Waals surface area contributed by atoms with E-state index in [0.717, 1.165) is 25.6 Å². The second-order valence-corrected chi connectivity index (χ2v) is 6.41. The van der Waals surface area contributed by atoms with Crippen molar-refractivity contribution in [3.05, 3.63) is 57.8 Å². The fraction of sp³-hybridized carbons (Fsp3) is 0.0667. The zero-order valence-electron chi connectivity index (χ0n) is 10.6. The summed E-state index contributed by atoms with van der Waals surface area (Å²) in [6.45, 7) is 2.00. The van der Waals surface area contributed by atoms with Crippen molar-refractivity contribution >= 4 is 27.3 Å². The number of thiazole rings is 1. The number of benzene rings is 1. The highest BCUT2D eigenvalue weighted by Crippen LogP contribution is 2.33. The van der Waals surface area contributed by atoms with Crippen LogP contribution < -0.4 is 0 Å².